The van der Waals surface area contributed by atoms with Crippen LogP contribution < -0.4 is 9.47 Å². The van der Waals surface area contributed by atoms with Crippen LogP contribution >= 0.6 is 11.6 Å². The van der Waals surface area contributed by atoms with E-state index in [-0.39, 0.29) is 23.6 Å². The second-order valence-electron chi connectivity index (χ2n) is 3.05. The lowest BCUT2D eigenvalue weighted by atomic mass is 10.1. The summed E-state index contributed by atoms with van der Waals surface area (Å²) in [7, 11) is 2.83. The summed E-state index contributed by atoms with van der Waals surface area (Å²) in [5.41, 5.74) is 0.301. The Hall–Kier alpha value is -1.47. The van der Waals surface area contributed by atoms with Crippen LogP contribution in [0, 0.1) is 17.1 Å². The van der Waals surface area contributed by atoms with Gasteiger partial charge in [0.1, 0.15) is 16.5 Å². The number of hydrogen-bond acceptors (Lipinski definition) is 3. The van der Waals surface area contributed by atoms with Crippen LogP contribution in [-0.2, 0) is 6.42 Å². The first-order chi connectivity index (χ1) is 7.65. The van der Waals surface area contributed by atoms with E-state index in [9.17, 15) is 4.39 Å². The second-order valence-corrected chi connectivity index (χ2v) is 3.42. The zero-order valence-electron chi connectivity index (χ0n) is 9.01. The summed E-state index contributed by atoms with van der Waals surface area (Å²) in [6.45, 7) is 0. The molecule has 16 heavy (non-hydrogen) atoms. The maximum Gasteiger partial charge on any atom is 0.152 e. The summed E-state index contributed by atoms with van der Waals surface area (Å²) in [5.74, 6) is -0.0289. The predicted octanol–water partition coefficient (Wildman–Crippen LogP) is 2.95. The first-order valence-corrected chi connectivity index (χ1v) is 4.99. The molecule has 0 atom stereocenters. The largest absolute Gasteiger partial charge is 0.496 e. The van der Waals surface area contributed by atoms with Crippen molar-refractivity contribution in [2.75, 3.05) is 14.2 Å². The van der Waals surface area contributed by atoms with Crippen LogP contribution in [0.3, 0.4) is 0 Å². The second kappa shape index (κ2) is 5.57. The number of benzene rings is 1. The number of halogens is 2. The minimum absolute atomic E-state index is 0.0868. The molecule has 0 aliphatic carbocycles. The molecule has 0 saturated carbocycles. The standard InChI is InChI=1S/C11H11ClFNO2/c1-15-8-6-9(16-2)10(12)11(13)7(8)4-3-5-14/h6H,3-4H2,1-2H3. The van der Waals surface area contributed by atoms with Gasteiger partial charge >= 0.3 is 0 Å². The molecule has 1 rings (SSSR count). The highest BCUT2D eigenvalue weighted by molar-refractivity contribution is 6.32. The van der Waals surface area contributed by atoms with Gasteiger partial charge in [-0.05, 0) is 6.42 Å². The molecule has 0 radical (unpaired) electrons. The summed E-state index contributed by atoms with van der Waals surface area (Å²) in [6, 6.07) is 3.46. The molecule has 0 amide bonds. The van der Waals surface area contributed by atoms with Crippen molar-refractivity contribution >= 4 is 11.6 Å². The average Bonchev–Trinajstić information content (AvgIpc) is 2.31. The average molecular weight is 244 g/mol. The van der Waals surface area contributed by atoms with Gasteiger partial charge in [0.15, 0.2) is 5.82 Å². The lowest BCUT2D eigenvalue weighted by molar-refractivity contribution is 0.384. The first-order valence-electron chi connectivity index (χ1n) is 4.61. The molecule has 0 aromatic heterocycles. The van der Waals surface area contributed by atoms with E-state index in [1.807, 2.05) is 6.07 Å². The number of hydrogen-bond donors (Lipinski definition) is 0. The molecule has 86 valence electrons. The summed E-state index contributed by atoms with van der Waals surface area (Å²) < 4.78 is 23.8. The van der Waals surface area contributed by atoms with Crippen molar-refractivity contribution in [3.63, 3.8) is 0 Å². The number of rotatable bonds is 4. The van der Waals surface area contributed by atoms with E-state index >= 15 is 0 Å². The minimum Gasteiger partial charge on any atom is -0.496 e. The SMILES string of the molecule is COc1cc(OC)c(CCC#N)c(F)c1Cl. The Morgan fingerprint density at radius 3 is 2.50 bits per heavy atom. The van der Waals surface area contributed by atoms with Crippen LogP contribution in [0.15, 0.2) is 6.07 Å². The Morgan fingerprint density at radius 1 is 1.38 bits per heavy atom. The predicted molar refractivity (Wildman–Crippen MR) is 58.4 cm³/mol. The third kappa shape index (κ3) is 2.37. The highest BCUT2D eigenvalue weighted by atomic mass is 35.5. The van der Waals surface area contributed by atoms with E-state index in [4.69, 9.17) is 26.3 Å². The third-order valence-corrected chi connectivity index (χ3v) is 2.51. The molecular weight excluding hydrogens is 233 g/mol. The van der Waals surface area contributed by atoms with Gasteiger partial charge in [0.2, 0.25) is 0 Å². The fraction of sp³-hybridized carbons (Fsp3) is 0.364. The minimum atomic E-state index is -0.590. The van der Waals surface area contributed by atoms with E-state index < -0.39 is 5.82 Å². The van der Waals surface area contributed by atoms with Gasteiger partial charge in [0.25, 0.3) is 0 Å². The van der Waals surface area contributed by atoms with Crippen LogP contribution in [0.25, 0.3) is 0 Å². The zero-order chi connectivity index (χ0) is 12.1. The van der Waals surface area contributed by atoms with Gasteiger partial charge in [-0.25, -0.2) is 4.39 Å². The first kappa shape index (κ1) is 12.6. The highest BCUT2D eigenvalue weighted by Crippen LogP contribution is 2.36. The number of ether oxygens (including phenoxy) is 2. The molecule has 1 aromatic rings. The smallest absolute Gasteiger partial charge is 0.152 e. The van der Waals surface area contributed by atoms with Crippen molar-refractivity contribution in [1.29, 1.82) is 5.26 Å². The molecule has 1 aromatic carbocycles. The molecule has 0 bridgehead atoms. The lowest BCUT2D eigenvalue weighted by Gasteiger charge is -2.12. The molecule has 0 spiro atoms. The van der Waals surface area contributed by atoms with E-state index in [2.05, 4.69) is 0 Å². The van der Waals surface area contributed by atoms with Crippen LogP contribution in [0.4, 0.5) is 4.39 Å². The summed E-state index contributed by atoms with van der Waals surface area (Å²) >= 11 is 5.77. The van der Waals surface area contributed by atoms with Gasteiger partial charge < -0.3 is 9.47 Å². The van der Waals surface area contributed by atoms with Crippen molar-refractivity contribution in [3.8, 4) is 17.6 Å². The van der Waals surface area contributed by atoms with Crippen molar-refractivity contribution in [3.05, 3.63) is 22.5 Å². The highest BCUT2D eigenvalue weighted by Gasteiger charge is 2.17. The Kier molecular flexibility index (Phi) is 4.39. The van der Waals surface area contributed by atoms with E-state index in [0.717, 1.165) is 0 Å². The number of methoxy groups -OCH3 is 2. The van der Waals surface area contributed by atoms with Gasteiger partial charge in [-0.3, -0.25) is 0 Å². The van der Waals surface area contributed by atoms with Crippen molar-refractivity contribution in [1.82, 2.24) is 0 Å². The van der Waals surface area contributed by atoms with Crippen LogP contribution in [0.5, 0.6) is 11.5 Å². The molecule has 0 N–H and O–H groups in total. The molecule has 0 heterocycles. The van der Waals surface area contributed by atoms with Crippen LogP contribution in [-0.4, -0.2) is 14.2 Å². The van der Waals surface area contributed by atoms with Gasteiger partial charge in [0, 0.05) is 18.1 Å². The van der Waals surface area contributed by atoms with E-state index in [1.54, 1.807) is 0 Å². The van der Waals surface area contributed by atoms with Crippen molar-refractivity contribution in [2.45, 2.75) is 12.8 Å². The molecule has 5 heteroatoms. The van der Waals surface area contributed by atoms with E-state index in [1.165, 1.54) is 20.3 Å². The zero-order valence-corrected chi connectivity index (χ0v) is 9.77. The number of nitriles is 1. The summed E-state index contributed by atoms with van der Waals surface area (Å²) in [5, 5.41) is 8.39. The number of nitrogens with zero attached hydrogens (tertiary/aromatic N) is 1. The molecule has 3 nitrogen and oxygen atoms in total. The monoisotopic (exact) mass is 243 g/mol. The fourth-order valence-electron chi connectivity index (χ4n) is 1.36. The molecule has 0 saturated heterocycles. The molecular formula is C11H11ClFNO2. The Balaban J connectivity index is 3.25. The molecule has 0 fully saturated rings. The maximum absolute atomic E-state index is 13.8. The van der Waals surface area contributed by atoms with Crippen LogP contribution in [0.1, 0.15) is 12.0 Å². The van der Waals surface area contributed by atoms with Gasteiger partial charge in [-0.15, -0.1) is 0 Å². The maximum atomic E-state index is 13.8. The lowest BCUT2D eigenvalue weighted by Crippen LogP contribution is -1.99. The van der Waals surface area contributed by atoms with Crippen molar-refractivity contribution in [2.24, 2.45) is 0 Å². The van der Waals surface area contributed by atoms with Crippen LogP contribution in [0.2, 0.25) is 5.02 Å². The Labute approximate surface area is 98.3 Å². The molecule has 0 aliphatic heterocycles. The van der Waals surface area contributed by atoms with E-state index in [0.29, 0.717) is 11.3 Å². The normalized spacial score (nSPS) is 9.69. The Bertz CT molecular complexity index is 429. The molecule has 0 aliphatic rings. The topological polar surface area (TPSA) is 42.2 Å². The molecule has 0 unspecified atom stereocenters. The third-order valence-electron chi connectivity index (χ3n) is 2.16. The van der Waals surface area contributed by atoms with Gasteiger partial charge in [-0.2, -0.15) is 5.26 Å². The van der Waals surface area contributed by atoms with Crippen molar-refractivity contribution < 1.29 is 13.9 Å². The summed E-state index contributed by atoms with van der Waals surface area (Å²) in [4.78, 5) is 0. The van der Waals surface area contributed by atoms with Gasteiger partial charge in [-0.1, -0.05) is 11.6 Å². The fourth-order valence-corrected chi connectivity index (χ4v) is 1.61. The Morgan fingerprint density at radius 2 is 2.00 bits per heavy atom. The summed E-state index contributed by atoms with van der Waals surface area (Å²) in [6.07, 6.45) is 0.463. The quantitative estimate of drug-likeness (QED) is 0.817. The van der Waals surface area contributed by atoms with Gasteiger partial charge in [0.05, 0.1) is 20.3 Å².